The minimum absolute atomic E-state index is 0.0355. The molecule has 2 aromatic carbocycles. The number of carbonyl (C=O) groups excluding carboxylic acids is 2. The van der Waals surface area contributed by atoms with Gasteiger partial charge in [-0.1, -0.05) is 35.5 Å². The van der Waals surface area contributed by atoms with E-state index < -0.39 is 0 Å². The number of ketones is 1. The monoisotopic (exact) mass is 378 g/mol. The number of benzene rings is 2. The normalized spacial score (nSPS) is 13.2. The minimum Gasteiger partial charge on any atom is -0.356 e. The van der Waals surface area contributed by atoms with E-state index in [1.54, 1.807) is 29.2 Å². The molecular weight excluding hydrogens is 359 g/mol. The van der Waals surface area contributed by atoms with Crippen molar-refractivity contribution in [2.24, 2.45) is 0 Å². The molecule has 0 spiro atoms. The van der Waals surface area contributed by atoms with E-state index in [2.05, 4.69) is 5.16 Å². The Kier molecular flexibility index (Phi) is 5.02. The zero-order chi connectivity index (χ0) is 19.5. The van der Waals surface area contributed by atoms with Crippen LogP contribution in [0.2, 0.25) is 0 Å². The molecule has 0 bridgehead atoms. The summed E-state index contributed by atoms with van der Waals surface area (Å²) < 4.78 is 18.6. The second-order valence-electron chi connectivity index (χ2n) is 6.80. The molecule has 6 heteroatoms. The first-order valence-electron chi connectivity index (χ1n) is 9.21. The Bertz CT molecular complexity index is 996. The van der Waals surface area contributed by atoms with Gasteiger partial charge in [-0.2, -0.15) is 0 Å². The van der Waals surface area contributed by atoms with Gasteiger partial charge in [-0.25, -0.2) is 4.39 Å². The summed E-state index contributed by atoms with van der Waals surface area (Å²) in [6, 6.07) is 15.1. The summed E-state index contributed by atoms with van der Waals surface area (Å²) in [6.07, 6.45) is 0.974. The highest BCUT2D eigenvalue weighted by Crippen LogP contribution is 2.30. The molecule has 0 fully saturated rings. The number of rotatable bonds is 5. The number of Topliss-reactive ketones (excluding diaryl/α,β-unsaturated/α-hetero) is 1. The number of fused-ring (bicyclic) bond motifs is 1. The molecule has 2 heterocycles. The Hall–Kier alpha value is -3.28. The number of carbonyl (C=O) groups is 2. The summed E-state index contributed by atoms with van der Waals surface area (Å²) in [6.45, 7) is 0.902. The lowest BCUT2D eigenvalue weighted by Gasteiger charge is -2.26. The highest BCUT2D eigenvalue weighted by atomic mass is 19.1. The highest BCUT2D eigenvalue weighted by Gasteiger charge is 2.27. The van der Waals surface area contributed by atoms with E-state index >= 15 is 0 Å². The van der Waals surface area contributed by atoms with Crippen molar-refractivity contribution < 1.29 is 18.5 Å². The largest absolute Gasteiger partial charge is 0.356 e. The van der Waals surface area contributed by atoms with Gasteiger partial charge in [-0.05, 0) is 30.7 Å². The maximum atomic E-state index is 13.1. The van der Waals surface area contributed by atoms with Crippen LogP contribution in [0.5, 0.6) is 0 Å². The van der Waals surface area contributed by atoms with Crippen LogP contribution in [-0.4, -0.2) is 28.3 Å². The Morgan fingerprint density at radius 2 is 1.79 bits per heavy atom. The molecule has 142 valence electrons. The smallest absolute Gasteiger partial charge is 0.223 e. The van der Waals surface area contributed by atoms with Gasteiger partial charge < -0.3 is 9.42 Å². The standard InChI is InChI=1S/C22H19FN2O3/c23-17-8-6-16(7-9-17)22-18-12-13-25(14-19(18)24-28-22)21(27)11-10-20(26)15-4-2-1-3-5-15/h1-9H,10-14H2. The number of hydrogen-bond acceptors (Lipinski definition) is 4. The van der Waals surface area contributed by atoms with Gasteiger partial charge in [0, 0.05) is 36.1 Å². The molecule has 28 heavy (non-hydrogen) atoms. The molecule has 1 aliphatic heterocycles. The molecule has 1 aliphatic rings. The number of aromatic nitrogens is 1. The maximum absolute atomic E-state index is 13.1. The molecule has 0 aliphatic carbocycles. The van der Waals surface area contributed by atoms with Crippen LogP contribution < -0.4 is 0 Å². The van der Waals surface area contributed by atoms with Crippen molar-refractivity contribution in [3.8, 4) is 11.3 Å². The van der Waals surface area contributed by atoms with Gasteiger partial charge in [0.25, 0.3) is 0 Å². The SMILES string of the molecule is O=C(CCC(=O)N1CCc2c(noc2-c2ccc(F)cc2)C1)c1ccccc1. The third kappa shape index (κ3) is 3.71. The van der Waals surface area contributed by atoms with Crippen molar-refractivity contribution in [3.05, 3.63) is 77.2 Å². The fourth-order valence-electron chi connectivity index (χ4n) is 3.42. The minimum atomic E-state index is -0.307. The number of amides is 1. The van der Waals surface area contributed by atoms with E-state index in [0.29, 0.717) is 36.5 Å². The number of halogens is 1. The lowest BCUT2D eigenvalue weighted by atomic mass is 10.00. The molecule has 4 rings (SSSR count). The fraction of sp³-hybridized carbons (Fsp3) is 0.227. The van der Waals surface area contributed by atoms with Crippen LogP contribution in [0, 0.1) is 5.82 Å². The van der Waals surface area contributed by atoms with Crippen LogP contribution in [0.25, 0.3) is 11.3 Å². The first kappa shape index (κ1) is 18.1. The van der Waals surface area contributed by atoms with Gasteiger partial charge >= 0.3 is 0 Å². The highest BCUT2D eigenvalue weighted by molar-refractivity contribution is 5.97. The molecule has 1 amide bonds. The molecule has 1 aromatic heterocycles. The van der Waals surface area contributed by atoms with Crippen molar-refractivity contribution in [1.29, 1.82) is 0 Å². The van der Waals surface area contributed by atoms with Gasteiger partial charge in [0.1, 0.15) is 11.5 Å². The van der Waals surface area contributed by atoms with Crippen molar-refractivity contribution in [3.63, 3.8) is 0 Å². The van der Waals surface area contributed by atoms with Crippen LogP contribution in [0.1, 0.15) is 34.5 Å². The summed E-state index contributed by atoms with van der Waals surface area (Å²) in [4.78, 5) is 26.4. The van der Waals surface area contributed by atoms with E-state index in [1.165, 1.54) is 12.1 Å². The van der Waals surface area contributed by atoms with Gasteiger partial charge in [0.05, 0.1) is 6.54 Å². The molecule has 0 N–H and O–H groups in total. The second kappa shape index (κ2) is 7.76. The third-order valence-electron chi connectivity index (χ3n) is 4.96. The predicted molar refractivity (Wildman–Crippen MR) is 101 cm³/mol. The maximum Gasteiger partial charge on any atom is 0.223 e. The second-order valence-corrected chi connectivity index (χ2v) is 6.80. The quantitative estimate of drug-likeness (QED) is 0.629. The molecule has 0 atom stereocenters. The Morgan fingerprint density at radius 1 is 1.04 bits per heavy atom. The van der Waals surface area contributed by atoms with E-state index in [0.717, 1.165) is 11.1 Å². The number of hydrogen-bond donors (Lipinski definition) is 0. The Morgan fingerprint density at radius 3 is 2.54 bits per heavy atom. The molecular formula is C22H19FN2O3. The van der Waals surface area contributed by atoms with Crippen molar-refractivity contribution in [2.45, 2.75) is 25.8 Å². The lowest BCUT2D eigenvalue weighted by molar-refractivity contribution is -0.132. The topological polar surface area (TPSA) is 63.4 Å². The van der Waals surface area contributed by atoms with E-state index in [9.17, 15) is 14.0 Å². The fourth-order valence-corrected chi connectivity index (χ4v) is 3.42. The van der Waals surface area contributed by atoms with Crippen LogP contribution >= 0.6 is 0 Å². The number of nitrogens with zero attached hydrogens (tertiary/aromatic N) is 2. The summed E-state index contributed by atoms with van der Waals surface area (Å²) in [5.74, 6) is 0.216. The lowest BCUT2D eigenvalue weighted by Crippen LogP contribution is -2.36. The van der Waals surface area contributed by atoms with Crippen molar-refractivity contribution in [2.75, 3.05) is 6.54 Å². The molecule has 3 aromatic rings. The van der Waals surface area contributed by atoms with Crippen LogP contribution in [0.15, 0.2) is 59.1 Å². The zero-order valence-electron chi connectivity index (χ0n) is 15.2. The summed E-state index contributed by atoms with van der Waals surface area (Å²) >= 11 is 0. The van der Waals surface area contributed by atoms with Gasteiger partial charge in [-0.15, -0.1) is 0 Å². The Balaban J connectivity index is 1.39. The Labute approximate surface area is 161 Å². The first-order chi connectivity index (χ1) is 13.6. The van der Waals surface area contributed by atoms with E-state index in [1.807, 2.05) is 18.2 Å². The average Bonchev–Trinajstić information content (AvgIpc) is 3.16. The predicted octanol–water partition coefficient (Wildman–Crippen LogP) is 4.03. The first-order valence-corrected chi connectivity index (χ1v) is 9.21. The molecule has 0 saturated heterocycles. The summed E-state index contributed by atoms with van der Waals surface area (Å²) in [5.41, 5.74) is 3.06. The molecule has 5 nitrogen and oxygen atoms in total. The summed E-state index contributed by atoms with van der Waals surface area (Å²) in [5, 5.41) is 4.10. The van der Waals surface area contributed by atoms with Crippen LogP contribution in [0.4, 0.5) is 4.39 Å². The van der Waals surface area contributed by atoms with E-state index in [4.69, 9.17) is 4.52 Å². The summed E-state index contributed by atoms with van der Waals surface area (Å²) in [7, 11) is 0. The van der Waals surface area contributed by atoms with Crippen LogP contribution in [0.3, 0.4) is 0 Å². The van der Waals surface area contributed by atoms with Gasteiger partial charge in [0.15, 0.2) is 11.5 Å². The average molecular weight is 378 g/mol. The molecule has 0 saturated carbocycles. The molecule has 0 unspecified atom stereocenters. The molecule has 0 radical (unpaired) electrons. The van der Waals surface area contributed by atoms with E-state index in [-0.39, 0.29) is 30.3 Å². The zero-order valence-corrected chi connectivity index (χ0v) is 15.2. The van der Waals surface area contributed by atoms with Crippen molar-refractivity contribution in [1.82, 2.24) is 10.1 Å². The third-order valence-corrected chi connectivity index (χ3v) is 4.96. The van der Waals surface area contributed by atoms with Crippen LogP contribution in [-0.2, 0) is 17.8 Å². The van der Waals surface area contributed by atoms with Gasteiger partial charge in [-0.3, -0.25) is 9.59 Å². The van der Waals surface area contributed by atoms with Crippen molar-refractivity contribution >= 4 is 11.7 Å². The van der Waals surface area contributed by atoms with Gasteiger partial charge in [0.2, 0.25) is 5.91 Å².